The summed E-state index contributed by atoms with van der Waals surface area (Å²) in [5.74, 6) is -1.04. The van der Waals surface area contributed by atoms with Crippen LogP contribution in [0.1, 0.15) is 28.7 Å². The number of aromatic nitrogens is 2. The van der Waals surface area contributed by atoms with Gasteiger partial charge in [0.25, 0.3) is 0 Å². The first-order chi connectivity index (χ1) is 8.84. The Hall–Kier alpha value is -2.05. The van der Waals surface area contributed by atoms with Crippen LogP contribution in [0.3, 0.4) is 0 Å². The summed E-state index contributed by atoms with van der Waals surface area (Å²) in [4.78, 5) is 15.2. The molecule has 0 atom stereocenters. The molecule has 4 nitrogen and oxygen atoms in total. The van der Waals surface area contributed by atoms with Crippen LogP contribution in [-0.4, -0.2) is 22.0 Å². The highest BCUT2D eigenvalue weighted by Crippen LogP contribution is 2.32. The van der Waals surface area contributed by atoms with Gasteiger partial charge in [-0.15, -0.1) is 0 Å². The number of pyridine rings is 1. The monoisotopic (exact) mass is 272 g/mol. The molecule has 0 aromatic carbocycles. The molecule has 0 unspecified atom stereocenters. The lowest BCUT2D eigenvalue weighted by molar-refractivity contribution is -0.141. The number of carbonyl (C=O) groups is 1. The Kier molecular flexibility index (Phi) is 3.21. The quantitative estimate of drug-likeness (QED) is 0.789. The maximum atomic E-state index is 12.9. The average molecular weight is 272 g/mol. The number of hydrogen-bond acceptors (Lipinski definition) is 3. The number of esters is 1. The van der Waals surface area contributed by atoms with E-state index < -0.39 is 23.5 Å². The third-order valence-electron chi connectivity index (χ3n) is 2.52. The van der Waals surface area contributed by atoms with Crippen molar-refractivity contribution >= 4 is 11.6 Å². The Morgan fingerprint density at radius 1 is 1.47 bits per heavy atom. The first-order valence-corrected chi connectivity index (χ1v) is 5.57. The van der Waals surface area contributed by atoms with Gasteiger partial charge in [-0.25, -0.2) is 9.78 Å². The number of hydrogen-bond donors (Lipinski definition) is 0. The molecular formula is C12H11F3N2O2. The third kappa shape index (κ3) is 2.40. The highest BCUT2D eigenvalue weighted by molar-refractivity contribution is 5.90. The van der Waals surface area contributed by atoms with E-state index in [9.17, 15) is 18.0 Å². The smallest absolute Gasteiger partial charge is 0.435 e. The number of fused-ring (bicyclic) bond motifs is 1. The number of imidazole rings is 1. The Balaban J connectivity index is 2.72. The zero-order valence-corrected chi connectivity index (χ0v) is 10.3. The van der Waals surface area contributed by atoms with E-state index in [4.69, 9.17) is 0 Å². The molecule has 2 heterocycles. The minimum atomic E-state index is -4.71. The minimum absolute atomic E-state index is 0.00474. The molecule has 102 valence electrons. The molecular weight excluding hydrogens is 261 g/mol. The van der Waals surface area contributed by atoms with Crippen LogP contribution < -0.4 is 0 Å². The first-order valence-electron chi connectivity index (χ1n) is 5.57. The summed E-state index contributed by atoms with van der Waals surface area (Å²) >= 11 is 0. The van der Waals surface area contributed by atoms with E-state index in [1.165, 1.54) is 19.2 Å². The van der Waals surface area contributed by atoms with E-state index in [1.807, 2.05) is 0 Å². The molecule has 2 aromatic heterocycles. The normalized spacial score (nSPS) is 11.8. The molecule has 2 aromatic rings. The van der Waals surface area contributed by atoms with Gasteiger partial charge < -0.3 is 4.74 Å². The van der Waals surface area contributed by atoms with Gasteiger partial charge in [0, 0.05) is 6.20 Å². The van der Waals surface area contributed by atoms with Crippen molar-refractivity contribution in [1.29, 1.82) is 0 Å². The predicted octanol–water partition coefficient (Wildman–Crippen LogP) is 2.84. The van der Waals surface area contributed by atoms with E-state index in [1.54, 1.807) is 13.0 Å². The molecule has 0 N–H and O–H groups in total. The highest BCUT2D eigenvalue weighted by atomic mass is 19.4. The van der Waals surface area contributed by atoms with Gasteiger partial charge in [-0.05, 0) is 31.5 Å². The van der Waals surface area contributed by atoms with Gasteiger partial charge in [-0.1, -0.05) is 0 Å². The zero-order valence-electron chi connectivity index (χ0n) is 10.3. The van der Waals surface area contributed by atoms with E-state index in [2.05, 4.69) is 9.72 Å². The molecule has 0 spiro atoms. The van der Waals surface area contributed by atoms with Gasteiger partial charge in [0.05, 0.1) is 6.61 Å². The van der Waals surface area contributed by atoms with Crippen LogP contribution in [0, 0.1) is 6.92 Å². The zero-order chi connectivity index (χ0) is 14.2. The van der Waals surface area contributed by atoms with Crippen LogP contribution >= 0.6 is 0 Å². The summed E-state index contributed by atoms with van der Waals surface area (Å²) in [6.45, 7) is 3.25. The van der Waals surface area contributed by atoms with Crippen LogP contribution in [0.5, 0.6) is 0 Å². The van der Waals surface area contributed by atoms with E-state index in [-0.39, 0.29) is 12.3 Å². The van der Waals surface area contributed by atoms with Crippen LogP contribution in [0.2, 0.25) is 0 Å². The van der Waals surface area contributed by atoms with E-state index in [0.29, 0.717) is 0 Å². The average Bonchev–Trinajstić information content (AvgIpc) is 2.67. The van der Waals surface area contributed by atoms with Crippen LogP contribution in [0.15, 0.2) is 18.3 Å². The van der Waals surface area contributed by atoms with Crippen molar-refractivity contribution < 1.29 is 22.7 Å². The molecule has 0 aliphatic carbocycles. The fraction of sp³-hybridized carbons (Fsp3) is 0.333. The molecule has 0 radical (unpaired) electrons. The van der Waals surface area contributed by atoms with Gasteiger partial charge >= 0.3 is 12.1 Å². The molecule has 0 aliphatic rings. The van der Waals surface area contributed by atoms with Crippen LogP contribution in [0.25, 0.3) is 5.65 Å². The molecule has 0 saturated carbocycles. The summed E-state index contributed by atoms with van der Waals surface area (Å²) in [6, 6.07) is 3.07. The largest absolute Gasteiger partial charge is 0.461 e. The summed E-state index contributed by atoms with van der Waals surface area (Å²) in [5.41, 5.74) is -1.00. The Morgan fingerprint density at radius 3 is 2.74 bits per heavy atom. The van der Waals surface area contributed by atoms with Crippen LogP contribution in [-0.2, 0) is 10.9 Å². The van der Waals surface area contributed by atoms with E-state index in [0.717, 1.165) is 9.96 Å². The number of nitrogens with zero attached hydrogens (tertiary/aromatic N) is 2. The second kappa shape index (κ2) is 4.56. The van der Waals surface area contributed by atoms with Crippen LogP contribution in [0.4, 0.5) is 13.2 Å². The maximum Gasteiger partial charge on any atom is 0.435 e. The number of carbonyl (C=O) groups excluding carboxylic acids is 1. The molecule has 0 fully saturated rings. The van der Waals surface area contributed by atoms with E-state index >= 15 is 0 Å². The topological polar surface area (TPSA) is 43.6 Å². The van der Waals surface area contributed by atoms with Gasteiger partial charge in [0.15, 0.2) is 11.4 Å². The van der Waals surface area contributed by atoms with Crippen molar-refractivity contribution in [3.05, 3.63) is 35.3 Å². The fourth-order valence-electron chi connectivity index (χ4n) is 1.74. The first kappa shape index (κ1) is 13.4. The third-order valence-corrected chi connectivity index (χ3v) is 2.52. The van der Waals surface area contributed by atoms with Crippen molar-refractivity contribution in [2.45, 2.75) is 20.0 Å². The van der Waals surface area contributed by atoms with Crippen molar-refractivity contribution in [3.8, 4) is 0 Å². The predicted molar refractivity (Wildman–Crippen MR) is 60.9 cm³/mol. The minimum Gasteiger partial charge on any atom is -0.461 e. The number of rotatable bonds is 2. The van der Waals surface area contributed by atoms with Crippen molar-refractivity contribution in [2.24, 2.45) is 0 Å². The van der Waals surface area contributed by atoms with Crippen molar-refractivity contribution in [2.75, 3.05) is 6.61 Å². The molecule has 7 heteroatoms. The lowest BCUT2D eigenvalue weighted by Gasteiger charge is -2.06. The summed E-state index contributed by atoms with van der Waals surface area (Å²) in [5, 5.41) is 0. The standard InChI is InChI=1S/C12H11F3N2O2/c1-3-19-11(18)9-10(12(13,14)15)16-8-6-7(2)4-5-17(8)9/h4-6H,3H2,1-2H3. The van der Waals surface area contributed by atoms with Gasteiger partial charge in [-0.3, -0.25) is 4.40 Å². The number of halogens is 3. The molecule has 0 amide bonds. The Bertz CT molecular complexity index is 632. The SMILES string of the molecule is CCOC(=O)c1c(C(F)(F)F)nc2cc(C)ccn12. The summed E-state index contributed by atoms with van der Waals surface area (Å²) < 4.78 is 44.5. The second-order valence-electron chi connectivity index (χ2n) is 3.96. The molecule has 0 saturated heterocycles. The number of ether oxygens (including phenoxy) is 1. The molecule has 0 bridgehead atoms. The van der Waals surface area contributed by atoms with Gasteiger partial charge in [0.1, 0.15) is 5.65 Å². The summed E-state index contributed by atoms with van der Waals surface area (Å²) in [6.07, 6.45) is -3.33. The molecule has 0 aliphatic heterocycles. The Labute approximate surface area is 106 Å². The lowest BCUT2D eigenvalue weighted by atomic mass is 10.3. The highest BCUT2D eigenvalue weighted by Gasteiger charge is 2.40. The van der Waals surface area contributed by atoms with Gasteiger partial charge in [0.2, 0.25) is 0 Å². The summed E-state index contributed by atoms with van der Waals surface area (Å²) in [7, 11) is 0. The molecule has 19 heavy (non-hydrogen) atoms. The number of aryl methyl sites for hydroxylation is 1. The second-order valence-corrected chi connectivity index (χ2v) is 3.96. The fourth-order valence-corrected chi connectivity index (χ4v) is 1.74. The Morgan fingerprint density at radius 2 is 2.16 bits per heavy atom. The van der Waals surface area contributed by atoms with Gasteiger partial charge in [-0.2, -0.15) is 13.2 Å². The maximum absolute atomic E-state index is 12.9. The van der Waals surface area contributed by atoms with Crippen molar-refractivity contribution in [1.82, 2.24) is 9.38 Å². The molecule has 2 rings (SSSR count). The van der Waals surface area contributed by atoms with Crippen molar-refractivity contribution in [3.63, 3.8) is 0 Å². The number of alkyl halides is 3. The lowest BCUT2D eigenvalue weighted by Crippen LogP contribution is -2.16.